The number of nitrogens with one attached hydrogen (secondary N) is 1. The van der Waals surface area contributed by atoms with Crippen LogP contribution in [0, 0.1) is 5.92 Å². The molecule has 0 amide bonds. The van der Waals surface area contributed by atoms with Crippen LogP contribution in [0.3, 0.4) is 0 Å². The molecule has 0 spiro atoms. The number of rotatable bonds is 3. The average Bonchev–Trinajstić information content (AvgIpc) is 2.46. The summed E-state index contributed by atoms with van der Waals surface area (Å²) in [6, 6.07) is 11.3. The lowest BCUT2D eigenvalue weighted by Crippen LogP contribution is -2.60. The van der Waals surface area contributed by atoms with Crippen LogP contribution in [-0.4, -0.2) is 36.5 Å². The van der Waals surface area contributed by atoms with Crippen molar-refractivity contribution in [2.75, 3.05) is 13.6 Å². The molecule has 3 atom stereocenters. The molecule has 1 aromatic carbocycles. The molecule has 3 N–H and O–H groups in total. The van der Waals surface area contributed by atoms with Gasteiger partial charge in [-0.15, -0.1) is 0 Å². The fraction of sp³-hybridized carbons (Fsp3) is 0.562. The van der Waals surface area contributed by atoms with E-state index in [4.69, 9.17) is 5.73 Å². The van der Waals surface area contributed by atoms with Crippen LogP contribution in [0.5, 0.6) is 0 Å². The van der Waals surface area contributed by atoms with Gasteiger partial charge in [0.15, 0.2) is 5.96 Å². The Labute approximate surface area is 121 Å². The molecule has 1 saturated carbocycles. The Morgan fingerprint density at radius 3 is 2.85 bits per heavy atom. The zero-order chi connectivity index (χ0) is 13.9. The molecule has 3 unspecified atom stereocenters. The molecule has 1 aromatic rings. The summed E-state index contributed by atoms with van der Waals surface area (Å²) in [4.78, 5) is 6.93. The maximum Gasteiger partial charge on any atom is 0.189 e. The first-order valence-electron chi connectivity index (χ1n) is 7.53. The fourth-order valence-corrected chi connectivity index (χ4v) is 3.63. The van der Waals surface area contributed by atoms with E-state index in [0.29, 0.717) is 24.6 Å². The molecule has 2 aliphatic heterocycles. The lowest BCUT2D eigenvalue weighted by Gasteiger charge is -2.48. The Hall–Kier alpha value is -1.55. The van der Waals surface area contributed by atoms with Crippen molar-refractivity contribution in [3.05, 3.63) is 35.9 Å². The molecule has 0 radical (unpaired) electrons. The van der Waals surface area contributed by atoms with Crippen molar-refractivity contribution in [1.82, 2.24) is 10.2 Å². The maximum absolute atomic E-state index is 6.05. The van der Waals surface area contributed by atoms with E-state index in [9.17, 15) is 0 Å². The number of nitrogens with zero attached hydrogens (tertiary/aromatic N) is 2. The first-order valence-corrected chi connectivity index (χ1v) is 7.53. The van der Waals surface area contributed by atoms with Gasteiger partial charge in [0.05, 0.1) is 6.54 Å². The predicted octanol–water partition coefficient (Wildman–Crippen LogP) is 1.57. The van der Waals surface area contributed by atoms with Gasteiger partial charge in [-0.1, -0.05) is 30.3 Å². The summed E-state index contributed by atoms with van der Waals surface area (Å²) in [7, 11) is 2.22. The van der Waals surface area contributed by atoms with E-state index < -0.39 is 0 Å². The smallest absolute Gasteiger partial charge is 0.189 e. The van der Waals surface area contributed by atoms with E-state index >= 15 is 0 Å². The van der Waals surface area contributed by atoms with Crippen molar-refractivity contribution in [2.45, 2.75) is 37.9 Å². The highest BCUT2D eigenvalue weighted by Crippen LogP contribution is 2.33. The third-order valence-corrected chi connectivity index (χ3v) is 4.64. The molecule has 2 saturated heterocycles. The Balaban J connectivity index is 1.57. The number of aliphatic imine (C=N–C) groups is 1. The van der Waals surface area contributed by atoms with Gasteiger partial charge >= 0.3 is 0 Å². The highest BCUT2D eigenvalue weighted by molar-refractivity contribution is 5.78. The van der Waals surface area contributed by atoms with Crippen LogP contribution in [-0.2, 0) is 6.54 Å². The molecule has 3 aliphatic rings. The molecule has 0 aromatic heterocycles. The minimum absolute atomic E-state index is 0.465. The van der Waals surface area contributed by atoms with Crippen molar-refractivity contribution >= 4 is 5.96 Å². The minimum atomic E-state index is 0.465. The lowest BCUT2D eigenvalue weighted by molar-refractivity contribution is 0.0469. The average molecular weight is 272 g/mol. The van der Waals surface area contributed by atoms with Crippen LogP contribution in [0.15, 0.2) is 35.3 Å². The zero-order valence-electron chi connectivity index (χ0n) is 12.1. The first kappa shape index (κ1) is 13.4. The maximum atomic E-state index is 6.05. The van der Waals surface area contributed by atoms with Crippen molar-refractivity contribution in [3.8, 4) is 0 Å². The van der Waals surface area contributed by atoms with Crippen LogP contribution in [0.25, 0.3) is 0 Å². The molecular weight excluding hydrogens is 248 g/mol. The number of hydrogen-bond donors (Lipinski definition) is 2. The molecule has 4 heteroatoms. The summed E-state index contributed by atoms with van der Waals surface area (Å²) < 4.78 is 0. The van der Waals surface area contributed by atoms with Crippen LogP contribution in [0.2, 0.25) is 0 Å². The van der Waals surface area contributed by atoms with Crippen molar-refractivity contribution < 1.29 is 0 Å². The molecule has 108 valence electrons. The molecule has 2 bridgehead atoms. The summed E-state index contributed by atoms with van der Waals surface area (Å²) in [5, 5.41) is 3.44. The predicted molar refractivity (Wildman–Crippen MR) is 82.5 cm³/mol. The van der Waals surface area contributed by atoms with E-state index in [1.807, 2.05) is 18.2 Å². The first-order chi connectivity index (χ1) is 9.72. The SMILES string of the molecule is CN1CC2CCC1C(NC(N)=NCc1ccccc1)C2. The summed E-state index contributed by atoms with van der Waals surface area (Å²) in [5.74, 6) is 1.41. The van der Waals surface area contributed by atoms with E-state index in [1.54, 1.807) is 0 Å². The van der Waals surface area contributed by atoms with Crippen molar-refractivity contribution in [1.29, 1.82) is 0 Å². The Morgan fingerprint density at radius 1 is 1.35 bits per heavy atom. The monoisotopic (exact) mass is 272 g/mol. The molecule has 1 aliphatic carbocycles. The highest BCUT2D eigenvalue weighted by atomic mass is 15.2. The molecule has 20 heavy (non-hydrogen) atoms. The van der Waals surface area contributed by atoms with Gasteiger partial charge in [-0.25, -0.2) is 4.99 Å². The molecule has 3 fully saturated rings. The number of fused-ring (bicyclic) bond motifs is 3. The van der Waals surface area contributed by atoms with Gasteiger partial charge in [0, 0.05) is 18.6 Å². The van der Waals surface area contributed by atoms with E-state index in [1.165, 1.54) is 31.4 Å². The summed E-state index contributed by atoms with van der Waals surface area (Å²) in [6.07, 6.45) is 3.88. The van der Waals surface area contributed by atoms with Crippen LogP contribution in [0.1, 0.15) is 24.8 Å². The number of hydrogen-bond acceptors (Lipinski definition) is 2. The zero-order valence-corrected chi connectivity index (χ0v) is 12.1. The third-order valence-electron chi connectivity index (χ3n) is 4.64. The van der Waals surface area contributed by atoms with Crippen LogP contribution < -0.4 is 11.1 Å². The summed E-state index contributed by atoms with van der Waals surface area (Å²) >= 11 is 0. The molecular formula is C16H24N4. The van der Waals surface area contributed by atoms with Gasteiger partial charge in [0.25, 0.3) is 0 Å². The van der Waals surface area contributed by atoms with Gasteiger partial charge < -0.3 is 16.0 Å². The molecule has 4 rings (SSSR count). The van der Waals surface area contributed by atoms with Gasteiger partial charge in [-0.2, -0.15) is 0 Å². The Morgan fingerprint density at radius 2 is 2.15 bits per heavy atom. The van der Waals surface area contributed by atoms with E-state index in [-0.39, 0.29) is 0 Å². The van der Waals surface area contributed by atoms with Crippen LogP contribution >= 0.6 is 0 Å². The number of guanidine groups is 1. The number of benzene rings is 1. The molecule has 4 nitrogen and oxygen atoms in total. The highest BCUT2D eigenvalue weighted by Gasteiger charge is 2.39. The second-order valence-corrected chi connectivity index (χ2v) is 6.12. The topological polar surface area (TPSA) is 53.6 Å². The largest absolute Gasteiger partial charge is 0.370 e. The summed E-state index contributed by atoms with van der Waals surface area (Å²) in [6.45, 7) is 1.89. The summed E-state index contributed by atoms with van der Waals surface area (Å²) in [5.41, 5.74) is 7.24. The standard InChI is InChI=1S/C16H24N4/c1-20-11-13-7-8-15(20)14(9-13)19-16(17)18-10-12-5-3-2-4-6-12/h2-6,13-15H,7-11H2,1H3,(H3,17,18,19). The van der Waals surface area contributed by atoms with Crippen molar-refractivity contribution in [3.63, 3.8) is 0 Å². The minimum Gasteiger partial charge on any atom is -0.370 e. The number of likely N-dealkylation sites (N-methyl/N-ethyl adjacent to an activating group) is 1. The van der Waals surface area contributed by atoms with Gasteiger partial charge in [0.2, 0.25) is 0 Å². The molecule has 2 heterocycles. The normalized spacial score (nSPS) is 30.4. The van der Waals surface area contributed by atoms with Crippen LogP contribution in [0.4, 0.5) is 0 Å². The number of nitrogens with two attached hydrogens (primary N) is 1. The lowest BCUT2D eigenvalue weighted by atomic mass is 9.77. The van der Waals surface area contributed by atoms with Gasteiger partial charge in [0.1, 0.15) is 0 Å². The number of piperidine rings is 2. The fourth-order valence-electron chi connectivity index (χ4n) is 3.63. The Bertz CT molecular complexity index is 471. The van der Waals surface area contributed by atoms with E-state index in [2.05, 4.69) is 34.4 Å². The second kappa shape index (κ2) is 5.83. The third kappa shape index (κ3) is 2.96. The Kier molecular flexibility index (Phi) is 3.92. The second-order valence-electron chi connectivity index (χ2n) is 6.12. The van der Waals surface area contributed by atoms with Gasteiger partial charge in [-0.3, -0.25) is 0 Å². The quantitative estimate of drug-likeness (QED) is 0.649. The van der Waals surface area contributed by atoms with E-state index in [0.717, 1.165) is 5.92 Å². The van der Waals surface area contributed by atoms with Gasteiger partial charge in [-0.05, 0) is 37.8 Å². The van der Waals surface area contributed by atoms with Crippen molar-refractivity contribution in [2.24, 2.45) is 16.6 Å².